The first-order chi connectivity index (χ1) is 11.3. The molecule has 5 nitrogen and oxygen atoms in total. The molecule has 0 spiro atoms. The lowest BCUT2D eigenvalue weighted by molar-refractivity contribution is -0.133. The Morgan fingerprint density at radius 3 is 2.25 bits per heavy atom. The predicted molar refractivity (Wildman–Crippen MR) is 96.2 cm³/mol. The molecule has 1 aromatic carbocycles. The van der Waals surface area contributed by atoms with Crippen LogP contribution in [-0.2, 0) is 4.79 Å². The van der Waals surface area contributed by atoms with Crippen molar-refractivity contribution in [2.75, 3.05) is 20.2 Å². The van der Waals surface area contributed by atoms with E-state index < -0.39 is 6.04 Å². The number of methoxy groups -OCH3 is 1. The van der Waals surface area contributed by atoms with E-state index in [9.17, 15) is 9.59 Å². The van der Waals surface area contributed by atoms with Crippen LogP contribution in [0.2, 0.25) is 0 Å². The lowest BCUT2D eigenvalue weighted by Crippen LogP contribution is -2.51. The molecule has 0 aliphatic heterocycles. The average molecular weight is 332 g/mol. The zero-order chi connectivity index (χ0) is 18.3. The molecule has 0 saturated carbocycles. The molecule has 0 aliphatic rings. The van der Waals surface area contributed by atoms with Gasteiger partial charge in [-0.3, -0.25) is 9.59 Å². The summed E-state index contributed by atoms with van der Waals surface area (Å²) in [5, 5.41) is 2.86. The topological polar surface area (TPSA) is 58.6 Å². The van der Waals surface area contributed by atoms with Gasteiger partial charge >= 0.3 is 0 Å². The Hall–Kier alpha value is -2.30. The van der Waals surface area contributed by atoms with Crippen molar-refractivity contribution in [2.45, 2.75) is 33.7 Å². The maximum absolute atomic E-state index is 12.8. The smallest absolute Gasteiger partial charge is 0.251 e. The van der Waals surface area contributed by atoms with Gasteiger partial charge in [0.05, 0.1) is 7.11 Å². The first-order valence-corrected chi connectivity index (χ1v) is 8.18. The third-order valence-corrected chi connectivity index (χ3v) is 3.73. The summed E-state index contributed by atoms with van der Waals surface area (Å²) in [6, 6.07) is 6.24. The molecule has 1 rings (SSSR count). The largest absolute Gasteiger partial charge is 0.497 e. The molecule has 1 N–H and O–H groups in total. The molecule has 1 unspecified atom stereocenters. The number of nitrogens with zero attached hydrogens (tertiary/aromatic N) is 1. The molecule has 0 fully saturated rings. The van der Waals surface area contributed by atoms with E-state index in [1.807, 2.05) is 27.7 Å². The summed E-state index contributed by atoms with van der Waals surface area (Å²) in [6.45, 7) is 12.6. The third-order valence-electron chi connectivity index (χ3n) is 3.73. The molecule has 0 bridgehead atoms. The molecule has 2 amide bonds. The average Bonchev–Trinajstić information content (AvgIpc) is 2.56. The number of likely N-dealkylation sites (N-methyl/N-ethyl adjacent to an activating group) is 1. The molecule has 5 heteroatoms. The Labute approximate surface area is 144 Å². The van der Waals surface area contributed by atoms with Crippen molar-refractivity contribution >= 4 is 11.8 Å². The van der Waals surface area contributed by atoms with E-state index in [4.69, 9.17) is 4.74 Å². The SMILES string of the molecule is C=C(C)CN(CC)C(=O)C(NC(=O)c1ccc(OC)cc1)C(C)C. The first-order valence-electron chi connectivity index (χ1n) is 8.18. The summed E-state index contributed by atoms with van der Waals surface area (Å²) in [5.74, 6) is 0.314. The van der Waals surface area contributed by atoms with E-state index in [0.717, 1.165) is 5.57 Å². The van der Waals surface area contributed by atoms with Gasteiger partial charge in [-0.25, -0.2) is 0 Å². The van der Waals surface area contributed by atoms with Crippen LogP contribution in [0.1, 0.15) is 38.1 Å². The van der Waals surface area contributed by atoms with Gasteiger partial charge < -0.3 is 15.0 Å². The molecule has 1 atom stereocenters. The molecule has 0 aromatic heterocycles. The molecule has 24 heavy (non-hydrogen) atoms. The van der Waals surface area contributed by atoms with E-state index >= 15 is 0 Å². The number of carbonyl (C=O) groups excluding carboxylic acids is 2. The van der Waals surface area contributed by atoms with Crippen molar-refractivity contribution in [3.63, 3.8) is 0 Å². The minimum Gasteiger partial charge on any atom is -0.497 e. The molecular weight excluding hydrogens is 304 g/mol. The van der Waals surface area contributed by atoms with E-state index in [2.05, 4.69) is 11.9 Å². The van der Waals surface area contributed by atoms with Gasteiger partial charge in [-0.15, -0.1) is 0 Å². The van der Waals surface area contributed by atoms with Crippen LogP contribution in [0.15, 0.2) is 36.4 Å². The van der Waals surface area contributed by atoms with Crippen LogP contribution in [0.5, 0.6) is 5.75 Å². The Balaban J connectivity index is 2.89. The Bertz CT molecular complexity index is 579. The summed E-state index contributed by atoms with van der Waals surface area (Å²) in [5.41, 5.74) is 1.41. The minimum atomic E-state index is -0.570. The number of carbonyl (C=O) groups is 2. The van der Waals surface area contributed by atoms with Crippen molar-refractivity contribution in [1.29, 1.82) is 0 Å². The molecule has 132 valence electrons. The van der Waals surface area contributed by atoms with Crippen molar-refractivity contribution in [1.82, 2.24) is 10.2 Å². The number of nitrogens with one attached hydrogen (secondary N) is 1. The summed E-state index contributed by atoms with van der Waals surface area (Å²) in [7, 11) is 1.57. The van der Waals surface area contributed by atoms with Crippen LogP contribution >= 0.6 is 0 Å². The van der Waals surface area contributed by atoms with Crippen LogP contribution in [0.4, 0.5) is 0 Å². The fourth-order valence-electron chi connectivity index (χ4n) is 2.35. The maximum Gasteiger partial charge on any atom is 0.251 e. The van der Waals surface area contributed by atoms with Gasteiger partial charge in [0.25, 0.3) is 5.91 Å². The second-order valence-corrected chi connectivity index (χ2v) is 6.23. The Morgan fingerprint density at radius 2 is 1.83 bits per heavy atom. The zero-order valence-corrected chi connectivity index (χ0v) is 15.3. The minimum absolute atomic E-state index is 0.0149. The fourth-order valence-corrected chi connectivity index (χ4v) is 2.35. The Morgan fingerprint density at radius 1 is 1.25 bits per heavy atom. The number of amides is 2. The summed E-state index contributed by atoms with van der Waals surface area (Å²) in [6.07, 6.45) is 0. The second-order valence-electron chi connectivity index (χ2n) is 6.23. The quantitative estimate of drug-likeness (QED) is 0.745. The van der Waals surface area contributed by atoms with Crippen molar-refractivity contribution in [3.05, 3.63) is 42.0 Å². The van der Waals surface area contributed by atoms with Crippen molar-refractivity contribution in [3.8, 4) is 5.75 Å². The fraction of sp³-hybridized carbons (Fsp3) is 0.474. The van der Waals surface area contributed by atoms with E-state index in [-0.39, 0.29) is 17.7 Å². The van der Waals surface area contributed by atoms with E-state index in [0.29, 0.717) is 24.4 Å². The van der Waals surface area contributed by atoms with Gasteiger partial charge in [-0.2, -0.15) is 0 Å². The monoisotopic (exact) mass is 332 g/mol. The van der Waals surface area contributed by atoms with E-state index in [1.165, 1.54) is 0 Å². The lowest BCUT2D eigenvalue weighted by atomic mass is 10.0. The Kier molecular flexibility index (Phi) is 7.49. The molecule has 0 heterocycles. The number of hydrogen-bond acceptors (Lipinski definition) is 3. The molecule has 0 saturated heterocycles. The van der Waals surface area contributed by atoms with Crippen molar-refractivity contribution in [2.24, 2.45) is 5.92 Å². The highest BCUT2D eigenvalue weighted by Gasteiger charge is 2.28. The number of rotatable bonds is 8. The van der Waals surface area contributed by atoms with Crippen LogP contribution in [0, 0.1) is 5.92 Å². The molecule has 0 radical (unpaired) electrons. The van der Waals surface area contributed by atoms with Crippen LogP contribution < -0.4 is 10.1 Å². The summed E-state index contributed by atoms with van der Waals surface area (Å²) < 4.78 is 5.09. The molecule has 0 aliphatic carbocycles. The van der Waals surface area contributed by atoms with Gasteiger partial charge in [-0.1, -0.05) is 26.0 Å². The number of benzene rings is 1. The van der Waals surface area contributed by atoms with Gasteiger partial charge in [0.1, 0.15) is 11.8 Å². The highest BCUT2D eigenvalue weighted by molar-refractivity contribution is 5.97. The highest BCUT2D eigenvalue weighted by atomic mass is 16.5. The molecule has 1 aromatic rings. The summed E-state index contributed by atoms with van der Waals surface area (Å²) >= 11 is 0. The van der Waals surface area contributed by atoms with Gasteiger partial charge in [0.2, 0.25) is 5.91 Å². The van der Waals surface area contributed by atoms with Crippen LogP contribution in [0.25, 0.3) is 0 Å². The number of ether oxygens (including phenoxy) is 1. The molecular formula is C19H28N2O3. The normalized spacial score (nSPS) is 11.8. The van der Waals surface area contributed by atoms with Crippen LogP contribution in [0.3, 0.4) is 0 Å². The first kappa shape index (κ1) is 19.7. The standard InChI is InChI=1S/C19H28N2O3/c1-7-21(12-13(2)3)19(23)17(14(4)5)20-18(22)15-8-10-16(24-6)11-9-15/h8-11,14,17H,2,7,12H2,1,3-6H3,(H,20,22). The van der Waals surface area contributed by atoms with Crippen LogP contribution in [-0.4, -0.2) is 43.0 Å². The van der Waals surface area contributed by atoms with Crippen molar-refractivity contribution < 1.29 is 14.3 Å². The third kappa shape index (κ3) is 5.41. The van der Waals surface area contributed by atoms with Gasteiger partial charge in [0.15, 0.2) is 0 Å². The zero-order valence-electron chi connectivity index (χ0n) is 15.3. The van der Waals surface area contributed by atoms with Gasteiger partial charge in [-0.05, 0) is 44.0 Å². The second kappa shape index (κ2) is 9.11. The lowest BCUT2D eigenvalue weighted by Gasteiger charge is -2.29. The number of hydrogen-bond donors (Lipinski definition) is 1. The maximum atomic E-state index is 12.8. The van der Waals surface area contributed by atoms with Gasteiger partial charge in [0, 0.05) is 18.7 Å². The predicted octanol–water partition coefficient (Wildman–Crippen LogP) is 2.87. The van der Waals surface area contributed by atoms with E-state index in [1.54, 1.807) is 36.3 Å². The highest BCUT2D eigenvalue weighted by Crippen LogP contribution is 2.13. The summed E-state index contributed by atoms with van der Waals surface area (Å²) in [4.78, 5) is 26.9.